The molecule has 5 rings (SSSR count). The lowest BCUT2D eigenvalue weighted by Crippen LogP contribution is -2.18. The third-order valence-corrected chi connectivity index (χ3v) is 6.06. The Morgan fingerprint density at radius 1 is 1.00 bits per heavy atom. The molecule has 0 aliphatic rings. The van der Waals surface area contributed by atoms with E-state index < -0.39 is 10.0 Å². The van der Waals surface area contributed by atoms with E-state index in [2.05, 4.69) is 25.1 Å². The van der Waals surface area contributed by atoms with Crippen LogP contribution in [0.4, 0.5) is 11.5 Å². The van der Waals surface area contributed by atoms with Gasteiger partial charge in [-0.1, -0.05) is 6.07 Å². The SMILES string of the molecule is CNS(=O)(=O)c1cccc(Nc2nc3c(nn4cnccc34)c3ccncc23)c1. The van der Waals surface area contributed by atoms with Crippen molar-refractivity contribution in [2.45, 2.75) is 4.90 Å². The topological polar surface area (TPSA) is 114 Å². The van der Waals surface area contributed by atoms with E-state index in [1.54, 1.807) is 47.6 Å². The van der Waals surface area contributed by atoms with Gasteiger partial charge in [0.05, 0.1) is 10.4 Å². The van der Waals surface area contributed by atoms with Gasteiger partial charge < -0.3 is 5.32 Å². The Labute approximate surface area is 165 Å². The minimum absolute atomic E-state index is 0.163. The van der Waals surface area contributed by atoms with Gasteiger partial charge in [-0.25, -0.2) is 27.6 Å². The second-order valence-corrected chi connectivity index (χ2v) is 8.24. The van der Waals surface area contributed by atoms with E-state index in [-0.39, 0.29) is 4.90 Å². The van der Waals surface area contributed by atoms with Gasteiger partial charge in [0.25, 0.3) is 0 Å². The summed E-state index contributed by atoms with van der Waals surface area (Å²) in [4.78, 5) is 13.2. The van der Waals surface area contributed by atoms with E-state index in [0.717, 1.165) is 21.8 Å². The Morgan fingerprint density at radius 2 is 1.86 bits per heavy atom. The summed E-state index contributed by atoms with van der Waals surface area (Å²) in [6, 6.07) is 10.3. The molecule has 0 aliphatic heterocycles. The second-order valence-electron chi connectivity index (χ2n) is 6.35. The van der Waals surface area contributed by atoms with Crippen molar-refractivity contribution in [3.05, 3.63) is 61.3 Å². The highest BCUT2D eigenvalue weighted by molar-refractivity contribution is 7.89. The summed E-state index contributed by atoms with van der Waals surface area (Å²) in [6.45, 7) is 0. The molecule has 0 saturated carbocycles. The summed E-state index contributed by atoms with van der Waals surface area (Å²) in [5.41, 5.74) is 2.87. The number of anilines is 2. The Morgan fingerprint density at radius 3 is 2.72 bits per heavy atom. The predicted octanol–water partition coefficient (Wildman–Crippen LogP) is 2.48. The Kier molecular flexibility index (Phi) is 3.89. The first-order valence-electron chi connectivity index (χ1n) is 8.73. The van der Waals surface area contributed by atoms with E-state index >= 15 is 0 Å². The summed E-state index contributed by atoms with van der Waals surface area (Å²) in [6.07, 6.45) is 6.73. The van der Waals surface area contributed by atoms with Crippen LogP contribution in [-0.4, -0.2) is 40.0 Å². The zero-order valence-electron chi connectivity index (χ0n) is 15.2. The zero-order valence-corrected chi connectivity index (χ0v) is 16.1. The normalized spacial score (nSPS) is 12.0. The van der Waals surface area contributed by atoms with Crippen LogP contribution in [0, 0.1) is 0 Å². The molecule has 5 aromatic rings. The first-order valence-corrected chi connectivity index (χ1v) is 10.2. The fourth-order valence-electron chi connectivity index (χ4n) is 3.24. The molecule has 29 heavy (non-hydrogen) atoms. The number of pyridine rings is 2. The van der Waals surface area contributed by atoms with Gasteiger partial charge in [0.15, 0.2) is 0 Å². The molecular formula is C19H15N7O2S. The van der Waals surface area contributed by atoms with Gasteiger partial charge in [-0.2, -0.15) is 5.10 Å². The van der Waals surface area contributed by atoms with Crippen LogP contribution in [-0.2, 0) is 10.0 Å². The van der Waals surface area contributed by atoms with Crippen molar-refractivity contribution in [3.63, 3.8) is 0 Å². The second kappa shape index (κ2) is 6.47. The maximum Gasteiger partial charge on any atom is 0.240 e. The van der Waals surface area contributed by atoms with Gasteiger partial charge in [0, 0.05) is 35.1 Å². The molecule has 4 heterocycles. The number of nitrogens with zero attached hydrogens (tertiary/aromatic N) is 5. The molecule has 9 nitrogen and oxygen atoms in total. The quantitative estimate of drug-likeness (QED) is 0.472. The van der Waals surface area contributed by atoms with Crippen molar-refractivity contribution in [3.8, 4) is 0 Å². The standard InChI is InChI=1S/C19H15N7O2S/c1-20-29(27,28)13-4-2-3-12(9-13)23-19-15-10-21-7-5-14(15)17-18(24-19)16-6-8-22-11-26(16)25-17/h2-11,20H,1H3,(H,23,24). The average Bonchev–Trinajstić information content (AvgIpc) is 3.13. The highest BCUT2D eigenvalue weighted by Gasteiger charge is 2.16. The van der Waals surface area contributed by atoms with Gasteiger partial charge in [0.1, 0.15) is 23.2 Å². The summed E-state index contributed by atoms with van der Waals surface area (Å²) < 4.78 is 28.2. The molecule has 0 saturated heterocycles. The van der Waals surface area contributed by atoms with E-state index in [4.69, 9.17) is 4.98 Å². The first-order chi connectivity index (χ1) is 14.1. The smallest absolute Gasteiger partial charge is 0.240 e. The molecule has 1 aromatic carbocycles. The Balaban J connectivity index is 1.72. The molecule has 0 amide bonds. The number of rotatable bonds is 4. The Hall–Kier alpha value is -3.63. The largest absolute Gasteiger partial charge is 0.340 e. The molecule has 0 aliphatic carbocycles. The third-order valence-electron chi connectivity index (χ3n) is 4.65. The van der Waals surface area contributed by atoms with E-state index in [0.29, 0.717) is 17.0 Å². The van der Waals surface area contributed by atoms with Gasteiger partial charge in [-0.15, -0.1) is 0 Å². The third kappa shape index (κ3) is 2.85. The van der Waals surface area contributed by atoms with Crippen molar-refractivity contribution >= 4 is 48.9 Å². The average molecular weight is 405 g/mol. The summed E-state index contributed by atoms with van der Waals surface area (Å²) in [5, 5.41) is 9.49. The van der Waals surface area contributed by atoms with Crippen molar-refractivity contribution < 1.29 is 8.42 Å². The fraction of sp³-hybridized carbons (Fsp3) is 0.0526. The van der Waals surface area contributed by atoms with Gasteiger partial charge >= 0.3 is 0 Å². The molecule has 4 aromatic heterocycles. The molecule has 2 N–H and O–H groups in total. The van der Waals surface area contributed by atoms with Crippen molar-refractivity contribution in [2.75, 3.05) is 12.4 Å². The number of sulfonamides is 1. The highest BCUT2D eigenvalue weighted by Crippen LogP contribution is 2.31. The number of hydrogen-bond acceptors (Lipinski definition) is 7. The van der Waals surface area contributed by atoms with Crippen molar-refractivity contribution in [2.24, 2.45) is 0 Å². The van der Waals surface area contributed by atoms with Crippen LogP contribution in [0.1, 0.15) is 0 Å². The summed E-state index contributed by atoms with van der Waals surface area (Å²) >= 11 is 0. The number of fused-ring (bicyclic) bond motifs is 5. The van der Waals surface area contributed by atoms with E-state index in [9.17, 15) is 8.42 Å². The lowest BCUT2D eigenvalue weighted by molar-refractivity contribution is 0.588. The lowest BCUT2D eigenvalue weighted by Gasteiger charge is -2.11. The van der Waals surface area contributed by atoms with Gasteiger partial charge in [0.2, 0.25) is 10.0 Å². The molecule has 144 valence electrons. The molecule has 10 heteroatoms. The van der Waals surface area contributed by atoms with Crippen LogP contribution in [0.15, 0.2) is 66.2 Å². The van der Waals surface area contributed by atoms with E-state index in [1.165, 1.54) is 13.1 Å². The summed E-state index contributed by atoms with van der Waals surface area (Å²) in [5.74, 6) is 0.561. The van der Waals surface area contributed by atoms with Gasteiger partial charge in [-0.3, -0.25) is 4.98 Å². The van der Waals surface area contributed by atoms with Crippen molar-refractivity contribution in [1.29, 1.82) is 0 Å². The highest BCUT2D eigenvalue weighted by atomic mass is 32.2. The van der Waals surface area contributed by atoms with Gasteiger partial charge in [-0.05, 0) is 37.4 Å². The fourth-order valence-corrected chi connectivity index (χ4v) is 4.02. The monoisotopic (exact) mass is 405 g/mol. The molecule has 0 fully saturated rings. The maximum atomic E-state index is 12.1. The number of nitrogens with one attached hydrogen (secondary N) is 2. The van der Waals surface area contributed by atoms with Crippen molar-refractivity contribution in [1.82, 2.24) is 29.3 Å². The molecule has 0 atom stereocenters. The molecule has 0 spiro atoms. The van der Waals surface area contributed by atoms with Crippen LogP contribution in [0.2, 0.25) is 0 Å². The number of benzene rings is 1. The molecule has 0 unspecified atom stereocenters. The predicted molar refractivity (Wildman–Crippen MR) is 110 cm³/mol. The number of hydrogen-bond donors (Lipinski definition) is 2. The lowest BCUT2D eigenvalue weighted by atomic mass is 10.1. The minimum atomic E-state index is -3.55. The van der Waals surface area contributed by atoms with Crippen LogP contribution >= 0.6 is 0 Å². The minimum Gasteiger partial charge on any atom is -0.340 e. The van der Waals surface area contributed by atoms with Crippen LogP contribution < -0.4 is 10.0 Å². The summed E-state index contributed by atoms with van der Waals surface area (Å²) in [7, 11) is -2.17. The van der Waals surface area contributed by atoms with Crippen LogP contribution in [0.3, 0.4) is 0 Å². The van der Waals surface area contributed by atoms with Crippen LogP contribution in [0.25, 0.3) is 27.3 Å². The zero-order chi connectivity index (χ0) is 20.0. The first kappa shape index (κ1) is 17.5. The van der Waals surface area contributed by atoms with E-state index in [1.807, 2.05) is 12.1 Å². The maximum absolute atomic E-state index is 12.1. The number of aromatic nitrogens is 5. The molecule has 0 bridgehead atoms. The molecular weight excluding hydrogens is 390 g/mol. The van der Waals surface area contributed by atoms with Crippen LogP contribution in [0.5, 0.6) is 0 Å². The Bertz CT molecular complexity index is 1500. The molecule has 0 radical (unpaired) electrons.